The summed E-state index contributed by atoms with van der Waals surface area (Å²) in [6.45, 7) is 0.631. The van der Waals surface area contributed by atoms with Crippen LogP contribution in [0.1, 0.15) is 24.7 Å². The Balaban J connectivity index is 2.09. The quantitative estimate of drug-likeness (QED) is 0.886. The fraction of sp³-hybridized carbons (Fsp3) is 0.429. The number of hydrogen-bond acceptors (Lipinski definition) is 2. The second-order valence-corrected chi connectivity index (χ2v) is 5.73. The van der Waals surface area contributed by atoms with Crippen LogP contribution >= 0.6 is 23.2 Å². The molecule has 1 unspecified atom stereocenters. The molecule has 0 radical (unpaired) electrons. The number of carbonyl (C=O) groups excluding carboxylic acids is 1. The van der Waals surface area contributed by atoms with E-state index in [2.05, 4.69) is 14.9 Å². The van der Waals surface area contributed by atoms with Crippen LogP contribution in [0.2, 0.25) is 5.02 Å². The van der Waals surface area contributed by atoms with Gasteiger partial charge in [-0.2, -0.15) is 0 Å². The van der Waals surface area contributed by atoms with Gasteiger partial charge in [0.1, 0.15) is 11.3 Å². The number of aryl methyl sites for hydroxylation is 1. The van der Waals surface area contributed by atoms with E-state index in [0.717, 1.165) is 23.3 Å². The Kier molecular flexibility index (Phi) is 3.85. The molecule has 0 bridgehead atoms. The van der Waals surface area contributed by atoms with E-state index in [1.54, 1.807) is 0 Å². The van der Waals surface area contributed by atoms with Crippen LogP contribution in [-0.2, 0) is 11.2 Å². The number of rotatable bonds is 3. The molecule has 106 valence electrons. The lowest BCUT2D eigenvalue weighted by atomic mass is 10.1. The molecule has 2 heterocycles. The number of para-hydroxylation sites is 1. The van der Waals surface area contributed by atoms with E-state index in [1.165, 1.54) is 0 Å². The molecule has 1 aromatic heterocycles. The summed E-state index contributed by atoms with van der Waals surface area (Å²) < 4.78 is 2.18. The van der Waals surface area contributed by atoms with E-state index in [4.69, 9.17) is 23.2 Å². The van der Waals surface area contributed by atoms with Gasteiger partial charge in [-0.3, -0.25) is 4.79 Å². The topological polar surface area (TPSA) is 46.9 Å². The minimum atomic E-state index is 0.114. The highest BCUT2D eigenvalue weighted by molar-refractivity contribution is 6.34. The van der Waals surface area contributed by atoms with Crippen molar-refractivity contribution in [2.75, 3.05) is 12.4 Å². The molecule has 1 N–H and O–H groups in total. The summed E-state index contributed by atoms with van der Waals surface area (Å²) in [6, 6.07) is 6.00. The number of piperidine rings is 1. The highest BCUT2D eigenvalue weighted by Crippen LogP contribution is 2.29. The van der Waals surface area contributed by atoms with Gasteiger partial charge in [-0.15, -0.1) is 11.6 Å². The zero-order valence-corrected chi connectivity index (χ0v) is 12.4. The van der Waals surface area contributed by atoms with Gasteiger partial charge in [-0.05, 0) is 18.6 Å². The monoisotopic (exact) mass is 311 g/mol. The third-order valence-corrected chi connectivity index (χ3v) is 4.16. The van der Waals surface area contributed by atoms with Crippen molar-refractivity contribution in [3.05, 3.63) is 29.0 Å². The van der Waals surface area contributed by atoms with E-state index in [9.17, 15) is 4.79 Å². The first-order chi connectivity index (χ1) is 9.70. The number of nitrogens with one attached hydrogen (secondary N) is 1. The fourth-order valence-electron chi connectivity index (χ4n) is 2.74. The smallest absolute Gasteiger partial charge is 0.220 e. The van der Waals surface area contributed by atoms with Crippen LogP contribution in [-0.4, -0.2) is 27.9 Å². The molecule has 0 spiro atoms. The third kappa shape index (κ3) is 2.38. The maximum absolute atomic E-state index is 11.3. The summed E-state index contributed by atoms with van der Waals surface area (Å²) in [5.74, 6) is 1.56. The van der Waals surface area contributed by atoms with Crippen molar-refractivity contribution < 1.29 is 4.79 Å². The van der Waals surface area contributed by atoms with E-state index < -0.39 is 0 Å². The van der Waals surface area contributed by atoms with E-state index in [1.807, 2.05) is 18.2 Å². The van der Waals surface area contributed by atoms with Crippen molar-refractivity contribution in [1.29, 1.82) is 0 Å². The summed E-state index contributed by atoms with van der Waals surface area (Å²) >= 11 is 12.1. The molecule has 1 fully saturated rings. The molecule has 0 saturated carbocycles. The minimum absolute atomic E-state index is 0.114. The predicted molar refractivity (Wildman–Crippen MR) is 80.4 cm³/mol. The first-order valence-electron chi connectivity index (χ1n) is 6.68. The number of carbonyl (C=O) groups is 1. The highest BCUT2D eigenvalue weighted by Gasteiger charge is 2.24. The molecule has 1 atom stereocenters. The molecule has 1 aliphatic rings. The molecule has 6 heteroatoms. The molecule has 1 saturated heterocycles. The van der Waals surface area contributed by atoms with E-state index in [0.29, 0.717) is 30.3 Å². The van der Waals surface area contributed by atoms with Gasteiger partial charge in [0.25, 0.3) is 0 Å². The van der Waals surface area contributed by atoms with Gasteiger partial charge in [-0.25, -0.2) is 4.98 Å². The molecule has 0 aliphatic carbocycles. The Morgan fingerprint density at radius 2 is 2.30 bits per heavy atom. The van der Waals surface area contributed by atoms with Gasteiger partial charge in [0.2, 0.25) is 5.91 Å². The summed E-state index contributed by atoms with van der Waals surface area (Å²) in [5.41, 5.74) is 1.82. The standard InChI is InChI=1S/C14H15Cl2N3O/c15-7-6-12-18-14-10(16)2-1-3-11(14)19(12)9-4-5-13(20)17-8-9/h1-3,9H,4-8H2,(H,17,20). The lowest BCUT2D eigenvalue weighted by molar-refractivity contribution is -0.122. The van der Waals surface area contributed by atoms with E-state index >= 15 is 0 Å². The number of hydrogen-bond donors (Lipinski definition) is 1. The fourth-order valence-corrected chi connectivity index (χ4v) is 3.12. The second-order valence-electron chi connectivity index (χ2n) is 4.94. The summed E-state index contributed by atoms with van der Waals surface area (Å²) in [5, 5.41) is 3.57. The van der Waals surface area contributed by atoms with Crippen molar-refractivity contribution in [3.63, 3.8) is 0 Å². The number of halogens is 2. The summed E-state index contributed by atoms with van der Waals surface area (Å²) in [7, 11) is 0. The van der Waals surface area contributed by atoms with Gasteiger partial charge in [0, 0.05) is 25.3 Å². The molecule has 2 aromatic rings. The lowest BCUT2D eigenvalue weighted by Gasteiger charge is -2.26. The zero-order chi connectivity index (χ0) is 14.1. The third-order valence-electron chi connectivity index (χ3n) is 3.67. The summed E-state index contributed by atoms with van der Waals surface area (Å²) in [4.78, 5) is 16.0. The SMILES string of the molecule is O=C1CCC(n2c(CCCl)nc3c(Cl)cccc32)CN1. The number of fused-ring (bicyclic) bond motifs is 1. The average Bonchev–Trinajstić information content (AvgIpc) is 2.80. The predicted octanol–water partition coefficient (Wildman–Crippen LogP) is 2.92. The maximum atomic E-state index is 11.3. The number of aromatic nitrogens is 2. The van der Waals surface area contributed by atoms with Crippen LogP contribution in [0.5, 0.6) is 0 Å². The van der Waals surface area contributed by atoms with Crippen LogP contribution in [0.3, 0.4) is 0 Å². The number of alkyl halides is 1. The number of nitrogens with zero attached hydrogens (tertiary/aromatic N) is 2. The Morgan fingerprint density at radius 1 is 1.45 bits per heavy atom. The van der Waals surface area contributed by atoms with Crippen molar-refractivity contribution >= 4 is 40.1 Å². The van der Waals surface area contributed by atoms with Crippen molar-refractivity contribution in [2.24, 2.45) is 0 Å². The first-order valence-corrected chi connectivity index (χ1v) is 7.60. The lowest BCUT2D eigenvalue weighted by Crippen LogP contribution is -2.36. The Labute approximate surface area is 127 Å². The number of amides is 1. The van der Waals surface area contributed by atoms with Gasteiger partial charge in [0.05, 0.1) is 16.6 Å². The molecule has 1 aliphatic heterocycles. The van der Waals surface area contributed by atoms with Crippen LogP contribution in [0.4, 0.5) is 0 Å². The average molecular weight is 312 g/mol. The molecular formula is C14H15Cl2N3O. The Bertz CT molecular complexity index is 643. The van der Waals surface area contributed by atoms with E-state index in [-0.39, 0.29) is 11.9 Å². The van der Waals surface area contributed by atoms with Gasteiger partial charge < -0.3 is 9.88 Å². The molecule has 1 aromatic carbocycles. The van der Waals surface area contributed by atoms with Crippen molar-refractivity contribution in [2.45, 2.75) is 25.3 Å². The van der Waals surface area contributed by atoms with Gasteiger partial charge >= 0.3 is 0 Å². The minimum Gasteiger partial charge on any atom is -0.354 e. The van der Waals surface area contributed by atoms with Crippen LogP contribution in [0.25, 0.3) is 11.0 Å². The Morgan fingerprint density at radius 3 is 3.00 bits per heavy atom. The molecular weight excluding hydrogens is 297 g/mol. The van der Waals surface area contributed by atoms with Crippen LogP contribution < -0.4 is 5.32 Å². The molecule has 1 amide bonds. The highest BCUT2D eigenvalue weighted by atomic mass is 35.5. The van der Waals surface area contributed by atoms with Gasteiger partial charge in [0.15, 0.2) is 0 Å². The van der Waals surface area contributed by atoms with Crippen molar-refractivity contribution in [3.8, 4) is 0 Å². The zero-order valence-electron chi connectivity index (χ0n) is 10.9. The first kappa shape index (κ1) is 13.7. The van der Waals surface area contributed by atoms with Gasteiger partial charge in [-0.1, -0.05) is 17.7 Å². The van der Waals surface area contributed by atoms with Crippen LogP contribution in [0, 0.1) is 0 Å². The largest absolute Gasteiger partial charge is 0.354 e. The molecule has 4 nitrogen and oxygen atoms in total. The van der Waals surface area contributed by atoms with Crippen molar-refractivity contribution in [1.82, 2.24) is 14.9 Å². The normalized spacial score (nSPS) is 19.3. The second kappa shape index (κ2) is 5.62. The van der Waals surface area contributed by atoms with Crippen LogP contribution in [0.15, 0.2) is 18.2 Å². The molecule has 3 rings (SSSR count). The number of benzene rings is 1. The maximum Gasteiger partial charge on any atom is 0.220 e. The Hall–Kier alpha value is -1.26. The number of imidazole rings is 1. The summed E-state index contributed by atoms with van der Waals surface area (Å²) in [6.07, 6.45) is 2.06. The molecule has 20 heavy (non-hydrogen) atoms.